The lowest BCUT2D eigenvalue weighted by Gasteiger charge is -2.35. The highest BCUT2D eigenvalue weighted by Crippen LogP contribution is 2.32. The zero-order valence-electron chi connectivity index (χ0n) is 10.9. The van der Waals surface area contributed by atoms with Crippen molar-refractivity contribution in [3.05, 3.63) is 35.4 Å². The van der Waals surface area contributed by atoms with Gasteiger partial charge < -0.3 is 15.1 Å². The van der Waals surface area contributed by atoms with Crippen molar-refractivity contribution in [2.75, 3.05) is 13.1 Å². The van der Waals surface area contributed by atoms with E-state index in [-0.39, 0.29) is 5.91 Å². The summed E-state index contributed by atoms with van der Waals surface area (Å²) in [4.78, 5) is 14.1. The minimum atomic E-state index is -1.32. The number of hydrogen-bond acceptors (Lipinski definition) is 3. The molecule has 1 amide bonds. The average molecular weight is 261 g/mol. The molecule has 2 aliphatic rings. The van der Waals surface area contributed by atoms with Crippen LogP contribution in [0.25, 0.3) is 0 Å². The van der Waals surface area contributed by atoms with Crippen LogP contribution in [-0.4, -0.2) is 45.8 Å². The normalized spacial score (nSPS) is 25.2. The van der Waals surface area contributed by atoms with Gasteiger partial charge >= 0.3 is 0 Å². The first-order chi connectivity index (χ1) is 9.08. The Hall–Kier alpha value is -1.39. The van der Waals surface area contributed by atoms with Crippen LogP contribution in [-0.2, 0) is 17.6 Å². The van der Waals surface area contributed by atoms with Crippen LogP contribution in [0.15, 0.2) is 24.3 Å². The van der Waals surface area contributed by atoms with Crippen LogP contribution in [0.3, 0.4) is 0 Å². The smallest absolute Gasteiger partial charge is 0.255 e. The van der Waals surface area contributed by atoms with E-state index in [4.69, 9.17) is 0 Å². The van der Waals surface area contributed by atoms with Crippen molar-refractivity contribution in [1.82, 2.24) is 4.90 Å². The monoisotopic (exact) mass is 261 g/mol. The number of piperidine rings is 1. The Morgan fingerprint density at radius 1 is 1.26 bits per heavy atom. The van der Waals surface area contributed by atoms with Gasteiger partial charge in [-0.3, -0.25) is 4.79 Å². The first kappa shape index (κ1) is 12.6. The van der Waals surface area contributed by atoms with Crippen molar-refractivity contribution in [2.24, 2.45) is 0 Å². The third kappa shape index (κ3) is 2.26. The summed E-state index contributed by atoms with van der Waals surface area (Å²) in [5.74, 6) is -0.234. The molecule has 4 nitrogen and oxygen atoms in total. The van der Waals surface area contributed by atoms with Crippen LogP contribution in [0.1, 0.15) is 24.0 Å². The Bertz CT molecular complexity index is 475. The minimum absolute atomic E-state index is 0.234. The van der Waals surface area contributed by atoms with Crippen molar-refractivity contribution in [2.45, 2.75) is 37.4 Å². The van der Waals surface area contributed by atoms with E-state index in [0.717, 1.165) is 24.0 Å². The summed E-state index contributed by atoms with van der Waals surface area (Å²) in [7, 11) is 0. The van der Waals surface area contributed by atoms with Gasteiger partial charge in [0.05, 0.1) is 6.10 Å². The van der Waals surface area contributed by atoms with Gasteiger partial charge in [-0.2, -0.15) is 0 Å². The fourth-order valence-electron chi connectivity index (χ4n) is 3.18. The number of aliphatic hydroxyl groups excluding tert-OH is 1. The molecule has 1 saturated heterocycles. The first-order valence-corrected chi connectivity index (χ1v) is 6.85. The highest BCUT2D eigenvalue weighted by Gasteiger charge is 2.44. The lowest BCUT2D eigenvalue weighted by Crippen LogP contribution is -2.53. The van der Waals surface area contributed by atoms with Crippen LogP contribution in [0.5, 0.6) is 0 Å². The second kappa shape index (κ2) is 4.62. The molecular weight excluding hydrogens is 242 g/mol. The maximum Gasteiger partial charge on any atom is 0.255 e. The predicted molar refractivity (Wildman–Crippen MR) is 70.6 cm³/mol. The van der Waals surface area contributed by atoms with Crippen molar-refractivity contribution < 1.29 is 15.0 Å². The van der Waals surface area contributed by atoms with Gasteiger partial charge in [-0.25, -0.2) is 0 Å². The maximum atomic E-state index is 12.5. The Balaban J connectivity index is 1.77. The third-order valence-electron chi connectivity index (χ3n) is 4.17. The number of amides is 1. The summed E-state index contributed by atoms with van der Waals surface area (Å²) in [6.45, 7) is 0.978. The number of benzene rings is 1. The third-order valence-corrected chi connectivity index (χ3v) is 4.17. The maximum absolute atomic E-state index is 12.5. The molecule has 0 unspecified atom stereocenters. The number of likely N-dealkylation sites (tertiary alicyclic amines) is 1. The summed E-state index contributed by atoms with van der Waals surface area (Å²) in [6, 6.07) is 7.79. The fraction of sp³-hybridized carbons (Fsp3) is 0.533. The number of hydrogen-bond donors (Lipinski definition) is 2. The van der Waals surface area contributed by atoms with Gasteiger partial charge in [-0.1, -0.05) is 24.3 Å². The van der Waals surface area contributed by atoms with Gasteiger partial charge in [0.15, 0.2) is 5.60 Å². The van der Waals surface area contributed by atoms with Gasteiger partial charge in [0.1, 0.15) is 0 Å². The topological polar surface area (TPSA) is 60.8 Å². The summed E-state index contributed by atoms with van der Waals surface area (Å²) < 4.78 is 0. The molecule has 102 valence electrons. The SMILES string of the molecule is O=C(N1CCC[C@H](O)C1)C1(O)Cc2ccccc2C1. The van der Waals surface area contributed by atoms with E-state index in [1.165, 1.54) is 0 Å². The molecule has 1 aromatic rings. The van der Waals surface area contributed by atoms with Crippen molar-refractivity contribution in [1.29, 1.82) is 0 Å². The number of carbonyl (C=O) groups excluding carboxylic acids is 1. The number of aliphatic hydroxyl groups is 2. The molecule has 1 aliphatic heterocycles. The number of rotatable bonds is 1. The van der Waals surface area contributed by atoms with Gasteiger partial charge in [0, 0.05) is 25.9 Å². The zero-order chi connectivity index (χ0) is 13.5. The molecule has 1 aliphatic carbocycles. The molecule has 2 N–H and O–H groups in total. The molecule has 4 heteroatoms. The molecule has 0 saturated carbocycles. The number of fused-ring (bicyclic) bond motifs is 1. The lowest BCUT2D eigenvalue weighted by molar-refractivity contribution is -0.153. The second-order valence-electron chi connectivity index (χ2n) is 5.70. The standard InChI is InChI=1S/C15H19NO3/c17-13-6-3-7-16(10-13)14(18)15(19)8-11-4-1-2-5-12(11)9-15/h1-2,4-5,13,17,19H,3,6-10H2/t13-/m0/s1. The Morgan fingerprint density at radius 3 is 2.47 bits per heavy atom. The largest absolute Gasteiger partial charge is 0.391 e. The highest BCUT2D eigenvalue weighted by molar-refractivity contribution is 5.87. The van der Waals surface area contributed by atoms with E-state index in [1.807, 2.05) is 24.3 Å². The molecule has 0 radical (unpaired) electrons. The quantitative estimate of drug-likeness (QED) is 0.774. The molecule has 19 heavy (non-hydrogen) atoms. The van der Waals surface area contributed by atoms with Gasteiger partial charge in [0.2, 0.25) is 0 Å². The molecule has 1 atom stereocenters. The van der Waals surface area contributed by atoms with E-state index in [0.29, 0.717) is 25.9 Å². The van der Waals surface area contributed by atoms with Gasteiger partial charge in [-0.05, 0) is 24.0 Å². The first-order valence-electron chi connectivity index (χ1n) is 6.85. The molecule has 1 aromatic carbocycles. The predicted octanol–water partition coefficient (Wildman–Crippen LogP) is 0.500. The minimum Gasteiger partial charge on any atom is -0.391 e. The molecule has 1 heterocycles. The van der Waals surface area contributed by atoms with Crippen LogP contribution < -0.4 is 0 Å². The number of nitrogens with zero attached hydrogens (tertiary/aromatic N) is 1. The van der Waals surface area contributed by atoms with E-state index >= 15 is 0 Å². The highest BCUT2D eigenvalue weighted by atomic mass is 16.3. The molecular formula is C15H19NO3. The van der Waals surface area contributed by atoms with Crippen LogP contribution in [0.2, 0.25) is 0 Å². The summed E-state index contributed by atoms with van der Waals surface area (Å²) in [5.41, 5.74) is 0.785. The Morgan fingerprint density at radius 2 is 1.89 bits per heavy atom. The molecule has 0 aromatic heterocycles. The van der Waals surface area contributed by atoms with Gasteiger partial charge in [-0.15, -0.1) is 0 Å². The van der Waals surface area contributed by atoms with E-state index in [1.54, 1.807) is 4.90 Å². The van der Waals surface area contributed by atoms with Crippen molar-refractivity contribution >= 4 is 5.91 Å². The fourth-order valence-corrected chi connectivity index (χ4v) is 3.18. The van der Waals surface area contributed by atoms with Crippen LogP contribution in [0.4, 0.5) is 0 Å². The summed E-state index contributed by atoms with van der Waals surface area (Å²) in [5, 5.41) is 20.3. The van der Waals surface area contributed by atoms with E-state index in [9.17, 15) is 15.0 Å². The van der Waals surface area contributed by atoms with E-state index in [2.05, 4.69) is 0 Å². The summed E-state index contributed by atoms with van der Waals surface area (Å²) >= 11 is 0. The van der Waals surface area contributed by atoms with Crippen LogP contribution in [0, 0.1) is 0 Å². The average Bonchev–Trinajstić information content (AvgIpc) is 2.75. The molecule has 3 rings (SSSR count). The number of β-amino-alcohol motifs (C(OH)–C–C–N with tert-alkyl or cyclic N) is 1. The van der Waals surface area contributed by atoms with E-state index < -0.39 is 11.7 Å². The lowest BCUT2D eigenvalue weighted by atomic mass is 9.96. The molecule has 0 bridgehead atoms. The van der Waals surface area contributed by atoms with Gasteiger partial charge in [0.25, 0.3) is 5.91 Å². The number of carbonyl (C=O) groups is 1. The Kier molecular flexibility index (Phi) is 3.07. The summed E-state index contributed by atoms with van der Waals surface area (Å²) in [6.07, 6.45) is 1.85. The van der Waals surface area contributed by atoms with Crippen molar-refractivity contribution in [3.63, 3.8) is 0 Å². The molecule has 0 spiro atoms. The Labute approximate surface area is 112 Å². The second-order valence-corrected chi connectivity index (χ2v) is 5.70. The molecule has 1 fully saturated rings. The zero-order valence-corrected chi connectivity index (χ0v) is 10.9. The van der Waals surface area contributed by atoms with Crippen LogP contribution >= 0.6 is 0 Å². The van der Waals surface area contributed by atoms with Crippen molar-refractivity contribution in [3.8, 4) is 0 Å².